The molecule has 1 aromatic carbocycles. The molecule has 0 amide bonds. The van der Waals surface area contributed by atoms with Crippen LogP contribution in [-0.2, 0) is 11.3 Å². The Bertz CT molecular complexity index is 416. The van der Waals surface area contributed by atoms with Crippen molar-refractivity contribution in [3.8, 4) is 0 Å². The summed E-state index contributed by atoms with van der Waals surface area (Å²) in [6, 6.07) is 4.91. The molecular weight excluding hydrogens is 261 g/mol. The van der Waals surface area contributed by atoms with Crippen molar-refractivity contribution >= 4 is 29.2 Å². The van der Waals surface area contributed by atoms with Gasteiger partial charge in [0.2, 0.25) is 0 Å². The van der Waals surface area contributed by atoms with Crippen molar-refractivity contribution in [3.63, 3.8) is 0 Å². The molecule has 0 bridgehead atoms. The van der Waals surface area contributed by atoms with Crippen LogP contribution in [0.25, 0.3) is 0 Å². The van der Waals surface area contributed by atoms with Gasteiger partial charge in [-0.2, -0.15) is 0 Å². The first kappa shape index (κ1) is 12.7. The number of carboxylic acids is 1. The number of carbonyl (C=O) groups is 1. The molecule has 1 aromatic rings. The summed E-state index contributed by atoms with van der Waals surface area (Å²) in [6.07, 6.45) is 1.59. The molecule has 0 aromatic heterocycles. The molecule has 0 aliphatic carbocycles. The van der Waals surface area contributed by atoms with Gasteiger partial charge in [0, 0.05) is 22.2 Å². The standard InChI is InChI=1S/C12H13Cl2NO2/c13-9-3-1-4-10(14)8(9)7-15-6-2-5-11(15)12(16)17/h1,3-4,11H,2,5-7H2,(H,16,17). The largest absolute Gasteiger partial charge is 0.480 e. The van der Waals surface area contributed by atoms with Gasteiger partial charge in [-0.1, -0.05) is 29.3 Å². The van der Waals surface area contributed by atoms with Crippen molar-refractivity contribution in [2.75, 3.05) is 6.54 Å². The monoisotopic (exact) mass is 273 g/mol. The summed E-state index contributed by atoms with van der Waals surface area (Å²) in [5.74, 6) is -0.773. The van der Waals surface area contributed by atoms with E-state index in [1.54, 1.807) is 18.2 Å². The lowest BCUT2D eigenvalue weighted by molar-refractivity contribution is -0.142. The number of hydrogen-bond acceptors (Lipinski definition) is 2. The number of aliphatic carboxylic acids is 1. The first-order chi connectivity index (χ1) is 8.09. The smallest absolute Gasteiger partial charge is 0.320 e. The molecule has 1 saturated heterocycles. The van der Waals surface area contributed by atoms with Gasteiger partial charge in [0.1, 0.15) is 6.04 Å². The highest BCUT2D eigenvalue weighted by molar-refractivity contribution is 6.35. The Balaban J connectivity index is 2.18. The lowest BCUT2D eigenvalue weighted by Crippen LogP contribution is -2.35. The summed E-state index contributed by atoms with van der Waals surface area (Å²) >= 11 is 12.2. The summed E-state index contributed by atoms with van der Waals surface area (Å²) in [5, 5.41) is 10.3. The Labute approximate surface area is 110 Å². The molecule has 1 atom stereocenters. The van der Waals surface area contributed by atoms with E-state index in [-0.39, 0.29) is 0 Å². The summed E-state index contributed by atoms with van der Waals surface area (Å²) < 4.78 is 0. The molecule has 0 radical (unpaired) electrons. The SMILES string of the molecule is O=C(O)C1CCCN1Cc1c(Cl)cccc1Cl. The van der Waals surface area contributed by atoms with Crippen molar-refractivity contribution in [1.82, 2.24) is 4.90 Å². The molecule has 0 spiro atoms. The molecule has 2 rings (SSSR count). The number of carboxylic acid groups (broad SMARTS) is 1. The number of likely N-dealkylation sites (tertiary alicyclic amines) is 1. The summed E-state index contributed by atoms with van der Waals surface area (Å²) in [6.45, 7) is 1.27. The minimum atomic E-state index is -0.773. The molecule has 1 aliphatic rings. The quantitative estimate of drug-likeness (QED) is 0.921. The van der Waals surface area contributed by atoms with Crippen LogP contribution in [0.15, 0.2) is 18.2 Å². The van der Waals surface area contributed by atoms with Crippen molar-refractivity contribution in [1.29, 1.82) is 0 Å². The third kappa shape index (κ3) is 2.73. The van der Waals surface area contributed by atoms with Crippen LogP contribution in [0, 0.1) is 0 Å². The second kappa shape index (κ2) is 5.25. The average Bonchev–Trinajstić information content (AvgIpc) is 2.72. The maximum atomic E-state index is 11.1. The second-order valence-electron chi connectivity index (χ2n) is 4.17. The van der Waals surface area contributed by atoms with Gasteiger partial charge in [0.25, 0.3) is 0 Å². The zero-order chi connectivity index (χ0) is 12.4. The molecule has 1 fully saturated rings. The van der Waals surface area contributed by atoms with Gasteiger partial charge in [-0.25, -0.2) is 0 Å². The Kier molecular flexibility index (Phi) is 3.92. The van der Waals surface area contributed by atoms with Crippen molar-refractivity contribution in [3.05, 3.63) is 33.8 Å². The first-order valence-electron chi connectivity index (χ1n) is 5.49. The van der Waals surface area contributed by atoms with Crippen molar-refractivity contribution < 1.29 is 9.90 Å². The van der Waals surface area contributed by atoms with Gasteiger partial charge in [-0.15, -0.1) is 0 Å². The third-order valence-electron chi connectivity index (χ3n) is 3.07. The average molecular weight is 274 g/mol. The van der Waals surface area contributed by atoms with Crippen LogP contribution in [0.3, 0.4) is 0 Å². The zero-order valence-electron chi connectivity index (χ0n) is 9.20. The zero-order valence-corrected chi connectivity index (χ0v) is 10.7. The Morgan fingerprint density at radius 3 is 2.65 bits per heavy atom. The number of rotatable bonds is 3. The van der Waals surface area contributed by atoms with E-state index in [1.165, 1.54) is 0 Å². The van der Waals surface area contributed by atoms with E-state index in [1.807, 2.05) is 4.90 Å². The minimum absolute atomic E-state index is 0.415. The fraction of sp³-hybridized carbons (Fsp3) is 0.417. The molecule has 1 unspecified atom stereocenters. The fourth-order valence-corrected chi connectivity index (χ4v) is 2.70. The summed E-state index contributed by atoms with van der Waals surface area (Å²) in [7, 11) is 0. The predicted octanol–water partition coefficient (Wildman–Crippen LogP) is 3.04. The van der Waals surface area contributed by atoms with Crippen LogP contribution < -0.4 is 0 Å². The van der Waals surface area contributed by atoms with Gasteiger partial charge in [-0.3, -0.25) is 9.69 Å². The number of benzene rings is 1. The number of hydrogen-bond donors (Lipinski definition) is 1. The lowest BCUT2D eigenvalue weighted by atomic mass is 10.2. The number of halogens is 2. The molecule has 0 saturated carbocycles. The van der Waals surface area contributed by atoms with Crippen molar-refractivity contribution in [2.45, 2.75) is 25.4 Å². The topological polar surface area (TPSA) is 40.5 Å². The van der Waals surface area contributed by atoms with Gasteiger partial charge in [0.15, 0.2) is 0 Å². The Hall–Kier alpha value is -0.770. The molecule has 92 valence electrons. The van der Waals surface area contributed by atoms with E-state index in [4.69, 9.17) is 28.3 Å². The van der Waals surface area contributed by atoms with E-state index < -0.39 is 12.0 Å². The van der Waals surface area contributed by atoms with E-state index in [2.05, 4.69) is 0 Å². The highest BCUT2D eigenvalue weighted by atomic mass is 35.5. The fourth-order valence-electron chi connectivity index (χ4n) is 2.18. The van der Waals surface area contributed by atoms with Crippen LogP contribution in [0.1, 0.15) is 18.4 Å². The highest BCUT2D eigenvalue weighted by Gasteiger charge is 2.30. The Morgan fingerprint density at radius 2 is 2.06 bits per heavy atom. The summed E-state index contributed by atoms with van der Waals surface area (Å²) in [4.78, 5) is 13.0. The molecule has 3 nitrogen and oxygen atoms in total. The maximum absolute atomic E-state index is 11.1. The van der Waals surface area contributed by atoms with Crippen LogP contribution in [0.5, 0.6) is 0 Å². The minimum Gasteiger partial charge on any atom is -0.480 e. The normalized spacial score (nSPS) is 20.7. The van der Waals surface area contributed by atoms with Gasteiger partial charge >= 0.3 is 5.97 Å². The van der Waals surface area contributed by atoms with Crippen LogP contribution in [-0.4, -0.2) is 28.6 Å². The Morgan fingerprint density at radius 1 is 1.41 bits per heavy atom. The van der Waals surface area contributed by atoms with E-state index in [9.17, 15) is 4.79 Å². The molecule has 1 heterocycles. The molecule has 1 aliphatic heterocycles. The van der Waals surface area contributed by atoms with Crippen molar-refractivity contribution in [2.24, 2.45) is 0 Å². The second-order valence-corrected chi connectivity index (χ2v) is 4.98. The van der Waals surface area contributed by atoms with E-state index in [0.29, 0.717) is 23.0 Å². The number of nitrogens with zero attached hydrogens (tertiary/aromatic N) is 1. The van der Waals surface area contributed by atoms with Crippen LogP contribution in [0.4, 0.5) is 0 Å². The molecule has 17 heavy (non-hydrogen) atoms. The summed E-state index contributed by atoms with van der Waals surface area (Å²) in [5.41, 5.74) is 0.809. The predicted molar refractivity (Wildman–Crippen MR) is 67.5 cm³/mol. The third-order valence-corrected chi connectivity index (χ3v) is 3.78. The van der Waals surface area contributed by atoms with Gasteiger partial charge < -0.3 is 5.11 Å². The maximum Gasteiger partial charge on any atom is 0.320 e. The lowest BCUT2D eigenvalue weighted by Gasteiger charge is -2.22. The van der Waals surface area contributed by atoms with Crippen LogP contribution >= 0.6 is 23.2 Å². The molecule has 1 N–H and O–H groups in total. The highest BCUT2D eigenvalue weighted by Crippen LogP contribution is 2.28. The molecular formula is C12H13Cl2NO2. The van der Waals surface area contributed by atoms with E-state index >= 15 is 0 Å². The molecule has 5 heteroatoms. The van der Waals surface area contributed by atoms with Gasteiger partial charge in [0.05, 0.1) is 0 Å². The van der Waals surface area contributed by atoms with Gasteiger partial charge in [-0.05, 0) is 31.5 Å². The first-order valence-corrected chi connectivity index (χ1v) is 6.25. The van der Waals surface area contributed by atoms with Crippen LogP contribution in [0.2, 0.25) is 10.0 Å². The van der Waals surface area contributed by atoms with E-state index in [0.717, 1.165) is 18.5 Å².